The number of fused-ring (bicyclic) bond motifs is 1. The molecule has 5 rings (SSSR count). The minimum atomic E-state index is -2.81. The molecule has 0 spiro atoms. The van der Waals surface area contributed by atoms with Gasteiger partial charge in [-0.2, -0.15) is 0 Å². The van der Waals surface area contributed by atoms with Gasteiger partial charge in [-0.3, -0.25) is 9.00 Å². The summed E-state index contributed by atoms with van der Waals surface area (Å²) in [6.45, 7) is 4.37. The maximum absolute atomic E-state index is 13.1. The number of aryl methyl sites for hydroxylation is 2. The van der Waals surface area contributed by atoms with Crippen LogP contribution < -0.4 is 4.31 Å². The average molecular weight is 574 g/mol. The summed E-state index contributed by atoms with van der Waals surface area (Å²) in [4.78, 5) is 34.5. The molecule has 0 aliphatic rings. The number of esters is 1. The van der Waals surface area contributed by atoms with Crippen molar-refractivity contribution in [2.24, 2.45) is 0 Å². The minimum Gasteiger partial charge on any atom is -0.755 e. The van der Waals surface area contributed by atoms with E-state index in [1.54, 1.807) is 47.8 Å². The van der Waals surface area contributed by atoms with Crippen molar-refractivity contribution in [1.29, 1.82) is 0 Å². The van der Waals surface area contributed by atoms with E-state index < -0.39 is 23.1 Å². The molecule has 9 nitrogen and oxygen atoms in total. The molecule has 5 aromatic rings. The number of thiophene rings is 1. The van der Waals surface area contributed by atoms with Gasteiger partial charge in [0.25, 0.3) is 5.91 Å². The quantitative estimate of drug-likeness (QED) is 0.182. The number of anilines is 1. The fraction of sp³-hybridized carbons (Fsp3) is 0.172. The molecule has 2 aromatic carbocycles. The number of aromatic nitrogens is 3. The Kier molecular flexibility index (Phi) is 7.88. The lowest BCUT2D eigenvalue weighted by Crippen LogP contribution is -2.32. The first-order chi connectivity index (χ1) is 19.3. The Morgan fingerprint density at radius 3 is 2.45 bits per heavy atom. The third-order valence-electron chi connectivity index (χ3n) is 6.47. The van der Waals surface area contributed by atoms with E-state index in [0.717, 1.165) is 32.3 Å². The summed E-state index contributed by atoms with van der Waals surface area (Å²) in [6, 6.07) is 19.4. The highest BCUT2D eigenvalue weighted by Crippen LogP contribution is 2.37. The van der Waals surface area contributed by atoms with Gasteiger partial charge in [0.15, 0.2) is 11.3 Å². The molecule has 0 N–H and O–H groups in total. The SMILES string of the molecule is CCc1nc2c(C)cc(C(=O)OC)nc2n1Cc1ccc(-c2ccsc2N(C(=O)c2ccccc2)S(=O)[O-])cc1. The van der Waals surface area contributed by atoms with Crippen molar-refractivity contribution in [2.75, 3.05) is 11.4 Å². The second-order valence-electron chi connectivity index (χ2n) is 8.97. The molecule has 0 aliphatic carbocycles. The van der Waals surface area contributed by atoms with E-state index in [4.69, 9.17) is 9.72 Å². The van der Waals surface area contributed by atoms with Gasteiger partial charge >= 0.3 is 5.97 Å². The number of methoxy groups -OCH3 is 1. The maximum atomic E-state index is 13.1. The van der Waals surface area contributed by atoms with Gasteiger partial charge < -0.3 is 13.9 Å². The topological polar surface area (TPSA) is 117 Å². The van der Waals surface area contributed by atoms with Crippen molar-refractivity contribution in [2.45, 2.75) is 26.8 Å². The number of carbonyl (C=O) groups excluding carboxylic acids is 2. The number of amides is 1. The second kappa shape index (κ2) is 11.5. The number of rotatable bonds is 8. The molecule has 204 valence electrons. The summed E-state index contributed by atoms with van der Waals surface area (Å²) >= 11 is -1.63. The molecule has 11 heteroatoms. The third-order valence-corrected chi connectivity index (χ3v) is 8.13. The lowest BCUT2D eigenvalue weighted by molar-refractivity contribution is 0.0594. The number of pyridine rings is 1. The summed E-state index contributed by atoms with van der Waals surface area (Å²) in [5, 5.41) is 2.08. The number of ether oxygens (including phenoxy) is 1. The van der Waals surface area contributed by atoms with Crippen LogP contribution in [-0.4, -0.2) is 42.3 Å². The van der Waals surface area contributed by atoms with Gasteiger partial charge in [0.1, 0.15) is 16.3 Å². The Morgan fingerprint density at radius 1 is 1.07 bits per heavy atom. The Bertz CT molecular complexity index is 1730. The van der Waals surface area contributed by atoms with Crippen LogP contribution in [0.25, 0.3) is 22.3 Å². The monoisotopic (exact) mass is 573 g/mol. The zero-order chi connectivity index (χ0) is 28.4. The zero-order valence-corrected chi connectivity index (χ0v) is 23.6. The van der Waals surface area contributed by atoms with Gasteiger partial charge in [0, 0.05) is 17.5 Å². The van der Waals surface area contributed by atoms with Crippen molar-refractivity contribution in [3.63, 3.8) is 0 Å². The van der Waals surface area contributed by atoms with E-state index in [1.165, 1.54) is 18.4 Å². The van der Waals surface area contributed by atoms with Gasteiger partial charge in [-0.25, -0.2) is 19.1 Å². The van der Waals surface area contributed by atoms with Crippen LogP contribution in [0, 0.1) is 6.92 Å². The number of imidazole rings is 1. The fourth-order valence-corrected chi connectivity index (χ4v) is 6.12. The predicted molar refractivity (Wildman–Crippen MR) is 154 cm³/mol. The van der Waals surface area contributed by atoms with E-state index in [2.05, 4.69) is 4.98 Å². The standard InChI is InChI=1S/C29H26N4O5S2/c1-4-24-31-25-18(2)16-23(29(35)38-3)30-26(25)32(24)17-19-10-12-20(13-11-19)22-14-15-39-28(22)33(40(36)37)27(34)21-8-6-5-7-9-21/h5-16H,4,17H2,1-3H3,(H,36,37)/p-1. The van der Waals surface area contributed by atoms with E-state index in [9.17, 15) is 18.4 Å². The number of nitrogens with zero attached hydrogens (tertiary/aromatic N) is 4. The third kappa shape index (κ3) is 5.18. The number of hydrogen-bond acceptors (Lipinski definition) is 8. The summed E-state index contributed by atoms with van der Waals surface area (Å²) < 4.78 is 32.0. The largest absolute Gasteiger partial charge is 0.755 e. The van der Waals surface area contributed by atoms with Gasteiger partial charge in [-0.05, 0) is 53.3 Å². The Balaban J connectivity index is 1.47. The molecule has 0 aliphatic heterocycles. The van der Waals surface area contributed by atoms with Crippen LogP contribution in [0.5, 0.6) is 0 Å². The highest BCUT2D eigenvalue weighted by Gasteiger charge is 2.24. The molecule has 1 atom stereocenters. The van der Waals surface area contributed by atoms with Gasteiger partial charge in [-0.15, -0.1) is 11.3 Å². The fourth-order valence-electron chi connectivity index (χ4n) is 4.51. The lowest BCUT2D eigenvalue weighted by atomic mass is 10.1. The van der Waals surface area contributed by atoms with E-state index >= 15 is 0 Å². The first-order valence-corrected chi connectivity index (χ1v) is 14.3. The van der Waals surface area contributed by atoms with Crippen molar-refractivity contribution >= 4 is 50.6 Å². The van der Waals surface area contributed by atoms with Crippen LogP contribution >= 0.6 is 11.3 Å². The Labute approximate surface area is 237 Å². The van der Waals surface area contributed by atoms with Crippen molar-refractivity contribution < 1.29 is 23.1 Å². The number of hydrogen-bond donors (Lipinski definition) is 0. The molecule has 0 fully saturated rings. The molecule has 0 radical (unpaired) electrons. The normalized spacial score (nSPS) is 11.9. The van der Waals surface area contributed by atoms with Crippen LogP contribution in [0.1, 0.15) is 44.7 Å². The Hall–Kier alpha value is -4.19. The molecule has 0 bridgehead atoms. The zero-order valence-electron chi connectivity index (χ0n) is 22.0. The first-order valence-electron chi connectivity index (χ1n) is 12.4. The molecule has 3 heterocycles. The molecule has 0 saturated carbocycles. The van der Waals surface area contributed by atoms with Crippen molar-refractivity contribution in [1.82, 2.24) is 14.5 Å². The highest BCUT2D eigenvalue weighted by atomic mass is 32.2. The van der Waals surface area contributed by atoms with E-state index in [-0.39, 0.29) is 11.3 Å². The lowest BCUT2D eigenvalue weighted by Gasteiger charge is -2.24. The summed E-state index contributed by atoms with van der Waals surface area (Å²) in [6.07, 6.45) is 0.678. The summed E-state index contributed by atoms with van der Waals surface area (Å²) in [5.41, 5.74) is 5.04. The van der Waals surface area contributed by atoms with Crippen LogP contribution in [0.15, 0.2) is 72.1 Å². The van der Waals surface area contributed by atoms with E-state index in [0.29, 0.717) is 29.2 Å². The molecule has 3 aromatic heterocycles. The molecule has 1 unspecified atom stereocenters. The van der Waals surface area contributed by atoms with Gasteiger partial charge in [-0.1, -0.05) is 49.4 Å². The smallest absolute Gasteiger partial charge is 0.356 e. The molecule has 1 amide bonds. The number of carbonyl (C=O) groups is 2. The van der Waals surface area contributed by atoms with Crippen molar-refractivity contribution in [3.05, 3.63) is 100 Å². The second-order valence-corrected chi connectivity index (χ2v) is 10.7. The molecule has 40 heavy (non-hydrogen) atoms. The van der Waals surface area contributed by atoms with Crippen LogP contribution in [0.3, 0.4) is 0 Å². The van der Waals surface area contributed by atoms with Crippen molar-refractivity contribution in [3.8, 4) is 11.1 Å². The van der Waals surface area contributed by atoms with Gasteiger partial charge in [0.05, 0.1) is 24.9 Å². The molecular weight excluding hydrogens is 548 g/mol. The Morgan fingerprint density at radius 2 is 1.80 bits per heavy atom. The predicted octanol–water partition coefficient (Wildman–Crippen LogP) is 5.31. The number of benzene rings is 2. The highest BCUT2D eigenvalue weighted by molar-refractivity contribution is 7.81. The van der Waals surface area contributed by atoms with Crippen LogP contribution in [-0.2, 0) is 29.0 Å². The summed E-state index contributed by atoms with van der Waals surface area (Å²) in [5.74, 6) is -0.294. The molecular formula is C29H25N4O5S2-. The average Bonchev–Trinajstić information content (AvgIpc) is 3.58. The van der Waals surface area contributed by atoms with Crippen LogP contribution in [0.2, 0.25) is 0 Å². The summed E-state index contributed by atoms with van der Waals surface area (Å²) in [7, 11) is 1.32. The minimum absolute atomic E-state index is 0.224. The van der Waals surface area contributed by atoms with E-state index in [1.807, 2.05) is 42.7 Å². The molecule has 0 saturated heterocycles. The maximum Gasteiger partial charge on any atom is 0.356 e. The van der Waals surface area contributed by atoms with Gasteiger partial charge in [0.2, 0.25) is 0 Å². The van der Waals surface area contributed by atoms with Crippen LogP contribution in [0.4, 0.5) is 5.00 Å². The first kappa shape index (κ1) is 27.4.